The summed E-state index contributed by atoms with van der Waals surface area (Å²) in [5, 5.41) is 3.11. The van der Waals surface area contributed by atoms with Crippen LogP contribution in [0, 0.1) is 0 Å². The summed E-state index contributed by atoms with van der Waals surface area (Å²) < 4.78 is 34.1. The Balaban J connectivity index is 1.89. The van der Waals surface area contributed by atoms with Gasteiger partial charge < -0.3 is 10.1 Å². The Morgan fingerprint density at radius 3 is 2.36 bits per heavy atom. The molecular formula is C24H24Cl2N2O4S. The van der Waals surface area contributed by atoms with Gasteiger partial charge in [0.2, 0.25) is 15.9 Å². The van der Waals surface area contributed by atoms with E-state index in [4.69, 9.17) is 27.9 Å². The van der Waals surface area contributed by atoms with E-state index in [9.17, 15) is 13.2 Å². The SMILES string of the molecule is COc1ccccc1[C@@H](C)NC(=O)[C@H](Cc1ccccc1)NS(=O)(=O)c1cc(Cl)ccc1Cl. The molecule has 0 aliphatic heterocycles. The van der Waals surface area contributed by atoms with Crippen molar-refractivity contribution >= 4 is 39.1 Å². The Bertz CT molecular complexity index is 1220. The predicted octanol–water partition coefficient (Wildman–Crippen LogP) is 4.77. The van der Waals surface area contributed by atoms with Gasteiger partial charge in [-0.1, -0.05) is 71.7 Å². The fraction of sp³-hybridized carbons (Fsp3) is 0.208. The van der Waals surface area contributed by atoms with E-state index in [1.807, 2.05) is 48.5 Å². The molecule has 0 radical (unpaired) electrons. The second kappa shape index (κ2) is 11.0. The number of nitrogens with one attached hydrogen (secondary N) is 2. The number of halogens is 2. The molecule has 0 spiro atoms. The monoisotopic (exact) mass is 506 g/mol. The number of hydrogen-bond donors (Lipinski definition) is 2. The molecule has 0 saturated heterocycles. The first kappa shape index (κ1) is 25.1. The lowest BCUT2D eigenvalue weighted by molar-refractivity contribution is -0.123. The number of sulfonamides is 1. The lowest BCUT2D eigenvalue weighted by Gasteiger charge is -2.23. The first-order valence-corrected chi connectivity index (χ1v) is 12.4. The number of benzene rings is 3. The van der Waals surface area contributed by atoms with Crippen LogP contribution in [0.15, 0.2) is 77.7 Å². The van der Waals surface area contributed by atoms with Crippen LogP contribution in [0.2, 0.25) is 10.0 Å². The van der Waals surface area contributed by atoms with Gasteiger partial charge in [0.1, 0.15) is 16.7 Å². The number of amides is 1. The Labute approximate surface area is 203 Å². The van der Waals surface area contributed by atoms with Gasteiger partial charge in [0.25, 0.3) is 0 Å². The molecule has 174 valence electrons. The fourth-order valence-electron chi connectivity index (χ4n) is 3.39. The minimum Gasteiger partial charge on any atom is -0.496 e. The molecule has 9 heteroatoms. The van der Waals surface area contributed by atoms with E-state index in [-0.39, 0.29) is 21.4 Å². The number of rotatable bonds is 9. The maximum absolute atomic E-state index is 13.3. The summed E-state index contributed by atoms with van der Waals surface area (Å²) in [6.07, 6.45) is 0.142. The molecule has 6 nitrogen and oxygen atoms in total. The Morgan fingerprint density at radius 2 is 1.67 bits per heavy atom. The van der Waals surface area contributed by atoms with Crippen LogP contribution in [0.1, 0.15) is 24.1 Å². The first-order valence-electron chi connectivity index (χ1n) is 10.2. The van der Waals surface area contributed by atoms with Crippen molar-refractivity contribution in [3.63, 3.8) is 0 Å². The van der Waals surface area contributed by atoms with Crippen LogP contribution in [-0.4, -0.2) is 27.5 Å². The summed E-state index contributed by atoms with van der Waals surface area (Å²) in [5.74, 6) is 0.134. The van der Waals surface area contributed by atoms with Gasteiger partial charge in [0, 0.05) is 10.6 Å². The molecule has 0 unspecified atom stereocenters. The average molecular weight is 507 g/mol. The van der Waals surface area contributed by atoms with E-state index in [1.165, 1.54) is 18.2 Å². The van der Waals surface area contributed by atoms with Gasteiger partial charge in [-0.2, -0.15) is 4.72 Å². The lowest BCUT2D eigenvalue weighted by Crippen LogP contribution is -2.48. The minimum atomic E-state index is -4.14. The zero-order chi connectivity index (χ0) is 24.0. The number of para-hydroxylation sites is 1. The number of ether oxygens (including phenoxy) is 1. The highest BCUT2D eigenvalue weighted by atomic mass is 35.5. The quantitative estimate of drug-likeness (QED) is 0.437. The highest BCUT2D eigenvalue weighted by Gasteiger charge is 2.29. The molecule has 0 aliphatic rings. The molecule has 0 heterocycles. The second-order valence-corrected chi connectivity index (χ2v) is 9.94. The third-order valence-electron chi connectivity index (χ3n) is 5.04. The molecule has 0 saturated carbocycles. The molecule has 2 N–H and O–H groups in total. The van der Waals surface area contributed by atoms with Gasteiger partial charge in [0.15, 0.2) is 0 Å². The van der Waals surface area contributed by atoms with E-state index in [0.29, 0.717) is 5.75 Å². The third kappa shape index (κ3) is 6.48. The molecular weight excluding hydrogens is 483 g/mol. The van der Waals surface area contributed by atoms with Crippen LogP contribution in [0.3, 0.4) is 0 Å². The van der Waals surface area contributed by atoms with Gasteiger partial charge in [0.05, 0.1) is 18.2 Å². The van der Waals surface area contributed by atoms with Gasteiger partial charge in [-0.3, -0.25) is 4.79 Å². The third-order valence-corrected chi connectivity index (χ3v) is 7.23. The lowest BCUT2D eigenvalue weighted by atomic mass is 10.0. The zero-order valence-electron chi connectivity index (χ0n) is 18.1. The molecule has 3 aromatic carbocycles. The molecule has 0 fully saturated rings. The van der Waals surface area contributed by atoms with Crippen molar-refractivity contribution in [3.8, 4) is 5.75 Å². The highest BCUT2D eigenvalue weighted by Crippen LogP contribution is 2.26. The van der Waals surface area contributed by atoms with Crippen molar-refractivity contribution in [2.45, 2.75) is 30.3 Å². The van der Waals surface area contributed by atoms with Crippen LogP contribution in [-0.2, 0) is 21.2 Å². The van der Waals surface area contributed by atoms with Crippen molar-refractivity contribution < 1.29 is 17.9 Å². The largest absolute Gasteiger partial charge is 0.496 e. The number of carbonyl (C=O) groups is 1. The van der Waals surface area contributed by atoms with Crippen LogP contribution in [0.4, 0.5) is 0 Å². The molecule has 0 bridgehead atoms. The number of methoxy groups -OCH3 is 1. The molecule has 33 heavy (non-hydrogen) atoms. The standard InChI is InChI=1S/C24H24Cl2N2O4S/c1-16(19-10-6-7-11-22(19)32-2)27-24(29)21(14-17-8-4-3-5-9-17)28-33(30,31)23-15-18(25)12-13-20(23)26/h3-13,15-16,21,28H,14H2,1-2H3,(H,27,29)/t16-,21+/m1/s1. The van der Waals surface area contributed by atoms with E-state index < -0.39 is 28.0 Å². The summed E-state index contributed by atoms with van der Waals surface area (Å²) in [6, 6.07) is 19.1. The maximum Gasteiger partial charge on any atom is 0.242 e. The summed E-state index contributed by atoms with van der Waals surface area (Å²) >= 11 is 12.1. The Kier molecular flexibility index (Phi) is 8.37. The van der Waals surface area contributed by atoms with Gasteiger partial charge >= 0.3 is 0 Å². The summed E-state index contributed by atoms with van der Waals surface area (Å²) in [5.41, 5.74) is 1.56. The van der Waals surface area contributed by atoms with Gasteiger partial charge in [-0.25, -0.2) is 8.42 Å². The summed E-state index contributed by atoms with van der Waals surface area (Å²) in [7, 11) is -2.59. The van der Waals surface area contributed by atoms with Crippen LogP contribution in [0.25, 0.3) is 0 Å². The zero-order valence-corrected chi connectivity index (χ0v) is 20.4. The van der Waals surface area contributed by atoms with Crippen LogP contribution < -0.4 is 14.8 Å². The molecule has 1 amide bonds. The fourth-order valence-corrected chi connectivity index (χ4v) is 5.35. The number of carbonyl (C=O) groups excluding carboxylic acids is 1. The normalized spacial score (nSPS) is 13.2. The van der Waals surface area contributed by atoms with E-state index >= 15 is 0 Å². The summed E-state index contributed by atoms with van der Waals surface area (Å²) in [6.45, 7) is 1.80. The molecule has 3 rings (SSSR count). The number of hydrogen-bond acceptors (Lipinski definition) is 4. The maximum atomic E-state index is 13.3. The predicted molar refractivity (Wildman–Crippen MR) is 130 cm³/mol. The molecule has 2 atom stereocenters. The highest BCUT2D eigenvalue weighted by molar-refractivity contribution is 7.89. The minimum absolute atomic E-state index is 0.00755. The van der Waals surface area contributed by atoms with Gasteiger partial charge in [-0.05, 0) is 43.2 Å². The van der Waals surface area contributed by atoms with Crippen molar-refractivity contribution in [2.24, 2.45) is 0 Å². The second-order valence-electron chi connectivity index (χ2n) is 7.41. The van der Waals surface area contributed by atoms with Crippen molar-refractivity contribution in [3.05, 3.63) is 94.0 Å². The Hall–Kier alpha value is -2.58. The molecule has 0 aromatic heterocycles. The van der Waals surface area contributed by atoms with E-state index in [1.54, 1.807) is 20.1 Å². The van der Waals surface area contributed by atoms with Crippen molar-refractivity contribution in [2.75, 3.05) is 7.11 Å². The topological polar surface area (TPSA) is 84.5 Å². The van der Waals surface area contributed by atoms with Crippen molar-refractivity contribution in [1.82, 2.24) is 10.0 Å². The summed E-state index contributed by atoms with van der Waals surface area (Å²) in [4.78, 5) is 13.1. The molecule has 0 aliphatic carbocycles. The first-order chi connectivity index (χ1) is 15.7. The molecule has 3 aromatic rings. The van der Waals surface area contributed by atoms with E-state index in [0.717, 1.165) is 11.1 Å². The van der Waals surface area contributed by atoms with Gasteiger partial charge in [-0.15, -0.1) is 0 Å². The van der Waals surface area contributed by atoms with Crippen molar-refractivity contribution in [1.29, 1.82) is 0 Å². The smallest absolute Gasteiger partial charge is 0.242 e. The van der Waals surface area contributed by atoms with Crippen LogP contribution >= 0.6 is 23.2 Å². The average Bonchev–Trinajstić information content (AvgIpc) is 2.80. The Morgan fingerprint density at radius 1 is 1.00 bits per heavy atom. The van der Waals surface area contributed by atoms with E-state index in [2.05, 4.69) is 10.0 Å². The van der Waals surface area contributed by atoms with Crippen LogP contribution in [0.5, 0.6) is 5.75 Å².